The van der Waals surface area contributed by atoms with Crippen LogP contribution in [0.5, 0.6) is 5.75 Å². The molecule has 1 aliphatic rings. The van der Waals surface area contributed by atoms with E-state index in [0.29, 0.717) is 22.6 Å². The first-order chi connectivity index (χ1) is 10.6. The molecule has 0 unspecified atom stereocenters. The van der Waals surface area contributed by atoms with Crippen molar-refractivity contribution in [1.82, 2.24) is 0 Å². The molecule has 0 saturated carbocycles. The summed E-state index contributed by atoms with van der Waals surface area (Å²) in [7, 11) is 1.55. The molecule has 0 amide bonds. The second-order valence-electron chi connectivity index (χ2n) is 4.75. The van der Waals surface area contributed by atoms with E-state index < -0.39 is 0 Å². The van der Waals surface area contributed by atoms with Gasteiger partial charge >= 0.3 is 0 Å². The molecule has 0 saturated heterocycles. The summed E-state index contributed by atoms with van der Waals surface area (Å²) in [6.07, 6.45) is 0. The largest absolute Gasteiger partial charge is 0.497 e. The number of rotatable bonds is 3. The molecule has 22 heavy (non-hydrogen) atoms. The van der Waals surface area contributed by atoms with E-state index >= 15 is 0 Å². The average molecular weight is 314 g/mol. The molecule has 0 aliphatic heterocycles. The number of Topliss-reactive ketones (excluding diaryl/α,β-unsaturated/α-hetero) is 2. The zero-order valence-electron chi connectivity index (χ0n) is 11.7. The van der Waals surface area contributed by atoms with Gasteiger partial charge in [0, 0.05) is 22.9 Å². The first-order valence-electron chi connectivity index (χ1n) is 6.61. The van der Waals surface area contributed by atoms with E-state index in [1.807, 2.05) is 0 Å². The average Bonchev–Trinajstić information content (AvgIpc) is 2.57. The van der Waals surface area contributed by atoms with Crippen LogP contribution in [0.25, 0.3) is 0 Å². The van der Waals surface area contributed by atoms with Crippen LogP contribution in [0.1, 0.15) is 20.7 Å². The fraction of sp³-hybridized carbons (Fsp3) is 0.0588. The van der Waals surface area contributed by atoms with Gasteiger partial charge in [-0.2, -0.15) is 0 Å². The van der Waals surface area contributed by atoms with Gasteiger partial charge in [-0.1, -0.05) is 41.9 Å². The van der Waals surface area contributed by atoms with Crippen LogP contribution < -0.4 is 10.1 Å². The molecule has 110 valence electrons. The summed E-state index contributed by atoms with van der Waals surface area (Å²) in [5.74, 6) is -0.0259. The summed E-state index contributed by atoms with van der Waals surface area (Å²) in [4.78, 5) is 24.8. The monoisotopic (exact) mass is 313 g/mol. The number of hydrogen-bond donors (Lipinski definition) is 1. The molecule has 4 nitrogen and oxygen atoms in total. The summed E-state index contributed by atoms with van der Waals surface area (Å²) in [6.45, 7) is 0. The number of benzene rings is 2. The Kier molecular flexibility index (Phi) is 3.69. The van der Waals surface area contributed by atoms with Crippen molar-refractivity contribution in [1.29, 1.82) is 0 Å². The normalized spacial score (nSPS) is 13.9. The fourth-order valence-electron chi connectivity index (χ4n) is 2.30. The van der Waals surface area contributed by atoms with Gasteiger partial charge in [0.05, 0.1) is 7.11 Å². The van der Waals surface area contributed by atoms with E-state index in [1.54, 1.807) is 55.6 Å². The van der Waals surface area contributed by atoms with Crippen molar-refractivity contribution in [3.05, 3.63) is 70.4 Å². The Balaban J connectivity index is 2.01. The molecule has 0 atom stereocenters. The highest BCUT2D eigenvalue weighted by Gasteiger charge is 2.31. The maximum absolute atomic E-state index is 12.5. The number of methoxy groups -OCH3 is 1. The third kappa shape index (κ3) is 2.38. The minimum absolute atomic E-state index is 0.0821. The summed E-state index contributed by atoms with van der Waals surface area (Å²) in [6, 6.07) is 13.7. The van der Waals surface area contributed by atoms with Crippen molar-refractivity contribution in [2.45, 2.75) is 0 Å². The Labute approximate surface area is 132 Å². The predicted molar refractivity (Wildman–Crippen MR) is 84.6 cm³/mol. The van der Waals surface area contributed by atoms with E-state index in [2.05, 4.69) is 5.32 Å². The Morgan fingerprint density at radius 3 is 2.32 bits per heavy atom. The zero-order chi connectivity index (χ0) is 15.7. The third-order valence-electron chi connectivity index (χ3n) is 3.40. The molecule has 0 bridgehead atoms. The molecule has 0 heterocycles. The molecule has 3 rings (SSSR count). The fourth-order valence-corrected chi connectivity index (χ4v) is 2.54. The second-order valence-corrected chi connectivity index (χ2v) is 5.13. The van der Waals surface area contributed by atoms with Crippen LogP contribution in [-0.4, -0.2) is 18.7 Å². The maximum Gasteiger partial charge on any atom is 0.211 e. The molecule has 0 radical (unpaired) electrons. The molecular formula is C17H12ClNO3. The highest BCUT2D eigenvalue weighted by atomic mass is 35.5. The molecule has 2 aromatic rings. The molecule has 5 heteroatoms. The Bertz CT molecular complexity index is 811. The number of allylic oxidation sites excluding steroid dienone is 2. The van der Waals surface area contributed by atoms with E-state index in [-0.39, 0.29) is 22.3 Å². The Hall–Kier alpha value is -2.59. The number of ether oxygens (including phenoxy) is 1. The van der Waals surface area contributed by atoms with Crippen LogP contribution in [0.15, 0.2) is 59.3 Å². The van der Waals surface area contributed by atoms with Crippen LogP contribution >= 0.6 is 11.6 Å². The first-order valence-corrected chi connectivity index (χ1v) is 6.99. The summed E-state index contributed by atoms with van der Waals surface area (Å²) < 4.78 is 5.13. The second kappa shape index (κ2) is 5.66. The lowest BCUT2D eigenvalue weighted by molar-refractivity contribution is 0.0982. The number of nitrogens with one attached hydrogen (secondary N) is 1. The van der Waals surface area contributed by atoms with Crippen LogP contribution in [0.2, 0.25) is 0 Å². The van der Waals surface area contributed by atoms with E-state index in [0.717, 1.165) is 0 Å². The van der Waals surface area contributed by atoms with E-state index in [1.165, 1.54) is 0 Å². The number of halogens is 1. The number of carbonyl (C=O) groups excluding carboxylic acids is 2. The maximum atomic E-state index is 12.5. The first kappa shape index (κ1) is 14.4. The zero-order valence-corrected chi connectivity index (χ0v) is 12.5. The van der Waals surface area contributed by atoms with Crippen LogP contribution in [-0.2, 0) is 0 Å². The third-order valence-corrected chi connectivity index (χ3v) is 3.76. The minimum atomic E-state index is -0.359. The topological polar surface area (TPSA) is 55.4 Å². The number of anilines is 1. The highest BCUT2D eigenvalue weighted by Crippen LogP contribution is 2.30. The molecule has 0 fully saturated rings. The van der Waals surface area contributed by atoms with Gasteiger partial charge in [0.15, 0.2) is 0 Å². The number of fused-ring (bicyclic) bond motifs is 1. The SMILES string of the molecule is COc1cccc(NC2=C(Cl)C(=O)c3ccccc3C2=O)c1. The van der Waals surface area contributed by atoms with Gasteiger partial charge in [-0.3, -0.25) is 9.59 Å². The summed E-state index contributed by atoms with van der Waals surface area (Å²) >= 11 is 6.09. The Morgan fingerprint density at radius 2 is 1.64 bits per heavy atom. The molecule has 2 aromatic carbocycles. The van der Waals surface area contributed by atoms with Gasteiger partial charge in [-0.25, -0.2) is 0 Å². The van der Waals surface area contributed by atoms with Gasteiger partial charge < -0.3 is 10.1 Å². The van der Waals surface area contributed by atoms with Crippen molar-refractivity contribution in [2.75, 3.05) is 12.4 Å². The minimum Gasteiger partial charge on any atom is -0.497 e. The lowest BCUT2D eigenvalue weighted by Crippen LogP contribution is -2.24. The quantitative estimate of drug-likeness (QED) is 0.940. The van der Waals surface area contributed by atoms with Gasteiger partial charge in [0.2, 0.25) is 11.6 Å². The molecule has 0 spiro atoms. The van der Waals surface area contributed by atoms with Crippen molar-refractivity contribution in [3.8, 4) is 5.75 Å². The smallest absolute Gasteiger partial charge is 0.211 e. The number of ketones is 2. The van der Waals surface area contributed by atoms with E-state index in [9.17, 15) is 9.59 Å². The van der Waals surface area contributed by atoms with Gasteiger partial charge in [0.25, 0.3) is 0 Å². The van der Waals surface area contributed by atoms with Crippen molar-refractivity contribution < 1.29 is 14.3 Å². The van der Waals surface area contributed by atoms with Gasteiger partial charge in [0.1, 0.15) is 16.5 Å². The van der Waals surface area contributed by atoms with Crippen LogP contribution in [0.3, 0.4) is 0 Å². The predicted octanol–water partition coefficient (Wildman–Crippen LogP) is 3.64. The molecule has 1 N–H and O–H groups in total. The van der Waals surface area contributed by atoms with Crippen LogP contribution in [0, 0.1) is 0 Å². The number of hydrogen-bond acceptors (Lipinski definition) is 4. The molecular weight excluding hydrogens is 302 g/mol. The van der Waals surface area contributed by atoms with Crippen molar-refractivity contribution in [2.24, 2.45) is 0 Å². The van der Waals surface area contributed by atoms with Crippen LogP contribution in [0.4, 0.5) is 5.69 Å². The Morgan fingerprint density at radius 1 is 0.955 bits per heavy atom. The molecule has 0 aromatic heterocycles. The number of carbonyl (C=O) groups is 2. The molecule has 1 aliphatic carbocycles. The van der Waals surface area contributed by atoms with Crippen molar-refractivity contribution in [3.63, 3.8) is 0 Å². The highest BCUT2D eigenvalue weighted by molar-refractivity contribution is 6.50. The van der Waals surface area contributed by atoms with Crippen molar-refractivity contribution >= 4 is 28.9 Å². The van der Waals surface area contributed by atoms with E-state index in [4.69, 9.17) is 16.3 Å². The van der Waals surface area contributed by atoms with Gasteiger partial charge in [-0.15, -0.1) is 0 Å². The lowest BCUT2D eigenvalue weighted by atomic mass is 9.92. The summed E-state index contributed by atoms with van der Waals surface area (Å²) in [5, 5.41) is 2.82. The standard InChI is InChI=1S/C17H12ClNO3/c1-22-11-6-4-5-10(9-11)19-15-14(18)16(20)12-7-2-3-8-13(12)17(15)21/h2-9,19H,1H3. The summed E-state index contributed by atoms with van der Waals surface area (Å²) in [5.41, 5.74) is 1.38. The van der Waals surface area contributed by atoms with Gasteiger partial charge in [-0.05, 0) is 12.1 Å². The lowest BCUT2D eigenvalue weighted by Gasteiger charge is -2.19.